The number of halogens is 1. The fourth-order valence-electron chi connectivity index (χ4n) is 2.16. The fraction of sp³-hybridized carbons (Fsp3) is 0.105. The second-order valence-electron chi connectivity index (χ2n) is 5.30. The van der Waals surface area contributed by atoms with E-state index in [0.717, 1.165) is 15.7 Å². The predicted molar refractivity (Wildman–Crippen MR) is 112 cm³/mol. The molecule has 0 bridgehead atoms. The van der Waals surface area contributed by atoms with Crippen LogP contribution < -0.4 is 10.1 Å². The largest absolute Gasteiger partial charge is 0.495 e. The summed E-state index contributed by atoms with van der Waals surface area (Å²) in [4.78, 5) is 12.3. The molecular weight excluding hydrogens is 402 g/mol. The highest BCUT2D eigenvalue weighted by molar-refractivity contribution is 8.01. The number of amides is 1. The minimum Gasteiger partial charge on any atom is -0.495 e. The standard InChI is InChI=1S/C19H16ClN3O2S2/c1-25-16-10-9-14(12-15(16)20)17(24)21-18-22-23-19(27-18)26-11-5-8-13-6-3-2-4-7-13/h2-10,12H,11H2,1H3,(H,21,22,24)/b8-5+. The number of thioether (sulfide) groups is 1. The van der Waals surface area contributed by atoms with E-state index in [9.17, 15) is 4.79 Å². The quantitative estimate of drug-likeness (QED) is 0.419. The number of nitrogens with zero attached hydrogens (tertiary/aromatic N) is 2. The Labute approximate surface area is 170 Å². The van der Waals surface area contributed by atoms with Gasteiger partial charge in [0.2, 0.25) is 5.13 Å². The predicted octanol–water partition coefficient (Wildman–Crippen LogP) is 5.26. The number of aromatic nitrogens is 2. The molecule has 5 nitrogen and oxygen atoms in total. The SMILES string of the molecule is COc1ccc(C(=O)Nc2nnc(SC/C=C/c3ccccc3)s2)cc1Cl. The molecule has 0 aliphatic carbocycles. The van der Waals surface area contributed by atoms with Gasteiger partial charge in [-0.05, 0) is 23.8 Å². The molecule has 0 fully saturated rings. The number of rotatable bonds is 7. The van der Waals surface area contributed by atoms with Crippen molar-refractivity contribution in [2.24, 2.45) is 0 Å². The second-order valence-corrected chi connectivity index (χ2v) is 7.95. The molecule has 0 unspecified atom stereocenters. The molecule has 0 radical (unpaired) electrons. The number of anilines is 1. The van der Waals surface area contributed by atoms with Gasteiger partial charge in [-0.25, -0.2) is 0 Å². The lowest BCUT2D eigenvalue weighted by Gasteiger charge is -2.05. The number of ether oxygens (including phenoxy) is 1. The zero-order valence-electron chi connectivity index (χ0n) is 14.4. The summed E-state index contributed by atoms with van der Waals surface area (Å²) < 4.78 is 5.87. The van der Waals surface area contributed by atoms with E-state index in [2.05, 4.69) is 27.7 Å². The van der Waals surface area contributed by atoms with Crippen LogP contribution in [-0.4, -0.2) is 29.0 Å². The first-order chi connectivity index (χ1) is 13.2. The van der Waals surface area contributed by atoms with E-state index in [1.54, 1.807) is 30.0 Å². The molecule has 0 aliphatic rings. The first kappa shape index (κ1) is 19.4. The number of hydrogen-bond donors (Lipinski definition) is 1. The zero-order chi connectivity index (χ0) is 19.1. The molecule has 0 aliphatic heterocycles. The highest BCUT2D eigenvalue weighted by Gasteiger charge is 2.12. The van der Waals surface area contributed by atoms with Gasteiger partial charge in [-0.15, -0.1) is 10.2 Å². The van der Waals surface area contributed by atoms with Crippen molar-refractivity contribution in [1.82, 2.24) is 10.2 Å². The molecule has 0 saturated carbocycles. The summed E-state index contributed by atoms with van der Waals surface area (Å²) in [6.45, 7) is 0. The molecular formula is C19H16ClN3O2S2. The van der Waals surface area contributed by atoms with E-state index in [1.807, 2.05) is 30.3 Å². The van der Waals surface area contributed by atoms with Crippen molar-refractivity contribution in [2.75, 3.05) is 18.2 Å². The van der Waals surface area contributed by atoms with Crippen molar-refractivity contribution in [3.8, 4) is 5.75 Å². The summed E-state index contributed by atoms with van der Waals surface area (Å²) in [6.07, 6.45) is 4.13. The van der Waals surface area contributed by atoms with Crippen LogP contribution in [0.1, 0.15) is 15.9 Å². The van der Waals surface area contributed by atoms with Gasteiger partial charge in [-0.2, -0.15) is 0 Å². The summed E-state index contributed by atoms with van der Waals surface area (Å²) in [5.74, 6) is 0.994. The van der Waals surface area contributed by atoms with Gasteiger partial charge in [0.1, 0.15) is 5.75 Å². The third-order valence-corrected chi connectivity index (χ3v) is 5.67. The molecule has 1 N–H and O–H groups in total. The van der Waals surface area contributed by atoms with E-state index in [0.29, 0.717) is 21.5 Å². The monoisotopic (exact) mass is 417 g/mol. The molecule has 1 amide bonds. The molecule has 3 rings (SSSR count). The summed E-state index contributed by atoms with van der Waals surface area (Å²) in [5, 5.41) is 11.7. The Morgan fingerprint density at radius 2 is 2.07 bits per heavy atom. The maximum atomic E-state index is 12.3. The molecule has 0 atom stereocenters. The molecule has 2 aromatic carbocycles. The number of benzene rings is 2. The third-order valence-electron chi connectivity index (χ3n) is 3.45. The summed E-state index contributed by atoms with van der Waals surface area (Å²) in [5.41, 5.74) is 1.58. The van der Waals surface area contributed by atoms with Crippen LogP contribution in [0.4, 0.5) is 5.13 Å². The molecule has 8 heteroatoms. The van der Waals surface area contributed by atoms with E-state index in [4.69, 9.17) is 16.3 Å². The lowest BCUT2D eigenvalue weighted by atomic mass is 10.2. The van der Waals surface area contributed by atoms with E-state index >= 15 is 0 Å². The maximum Gasteiger partial charge on any atom is 0.257 e. The van der Waals surface area contributed by atoms with Gasteiger partial charge < -0.3 is 4.74 Å². The van der Waals surface area contributed by atoms with Gasteiger partial charge >= 0.3 is 0 Å². The molecule has 0 spiro atoms. The number of methoxy groups -OCH3 is 1. The summed E-state index contributed by atoms with van der Waals surface area (Å²) in [6, 6.07) is 14.9. The van der Waals surface area contributed by atoms with Gasteiger partial charge in [0.15, 0.2) is 4.34 Å². The van der Waals surface area contributed by atoms with Crippen molar-refractivity contribution in [2.45, 2.75) is 4.34 Å². The summed E-state index contributed by atoms with van der Waals surface area (Å²) in [7, 11) is 1.52. The van der Waals surface area contributed by atoms with E-state index < -0.39 is 0 Å². The number of carbonyl (C=O) groups is 1. The van der Waals surface area contributed by atoms with Crippen LogP contribution in [-0.2, 0) is 0 Å². The Morgan fingerprint density at radius 3 is 2.81 bits per heavy atom. The average Bonchev–Trinajstić information content (AvgIpc) is 3.13. The lowest BCUT2D eigenvalue weighted by molar-refractivity contribution is 0.102. The first-order valence-corrected chi connectivity index (χ1v) is 10.2. The van der Waals surface area contributed by atoms with E-state index in [-0.39, 0.29) is 5.91 Å². The second kappa shape index (κ2) is 9.55. The topological polar surface area (TPSA) is 64.1 Å². The lowest BCUT2D eigenvalue weighted by Crippen LogP contribution is -2.11. The van der Waals surface area contributed by atoms with Gasteiger partial charge in [0.05, 0.1) is 12.1 Å². The molecule has 138 valence electrons. The van der Waals surface area contributed by atoms with Crippen LogP contribution in [0.3, 0.4) is 0 Å². The Balaban J connectivity index is 1.53. The van der Waals surface area contributed by atoms with Crippen molar-refractivity contribution in [3.63, 3.8) is 0 Å². The number of nitrogens with one attached hydrogen (secondary N) is 1. The van der Waals surface area contributed by atoms with Gasteiger partial charge in [-0.1, -0.05) is 77.2 Å². The van der Waals surface area contributed by atoms with Crippen LogP contribution in [0.2, 0.25) is 5.02 Å². The van der Waals surface area contributed by atoms with Crippen LogP contribution >= 0.6 is 34.7 Å². The number of hydrogen-bond acceptors (Lipinski definition) is 6. The molecule has 1 aromatic heterocycles. The Kier molecular flexibility index (Phi) is 6.86. The summed E-state index contributed by atoms with van der Waals surface area (Å²) >= 11 is 8.95. The Morgan fingerprint density at radius 1 is 1.26 bits per heavy atom. The maximum absolute atomic E-state index is 12.3. The average molecular weight is 418 g/mol. The zero-order valence-corrected chi connectivity index (χ0v) is 16.8. The molecule has 1 heterocycles. The molecule has 0 saturated heterocycles. The Hall–Kier alpha value is -2.35. The highest BCUT2D eigenvalue weighted by atomic mass is 35.5. The highest BCUT2D eigenvalue weighted by Crippen LogP contribution is 2.28. The number of carbonyl (C=O) groups excluding carboxylic acids is 1. The van der Waals surface area contributed by atoms with Crippen LogP contribution in [0.5, 0.6) is 5.75 Å². The molecule has 27 heavy (non-hydrogen) atoms. The van der Waals surface area contributed by atoms with Gasteiger partial charge in [-0.3, -0.25) is 10.1 Å². The Bertz CT molecular complexity index is 945. The van der Waals surface area contributed by atoms with Crippen LogP contribution in [0, 0.1) is 0 Å². The normalized spacial score (nSPS) is 10.9. The van der Waals surface area contributed by atoms with Crippen LogP contribution in [0.15, 0.2) is 58.9 Å². The van der Waals surface area contributed by atoms with E-state index in [1.165, 1.54) is 18.4 Å². The fourth-order valence-corrected chi connectivity index (χ4v) is 4.00. The first-order valence-electron chi connectivity index (χ1n) is 7.98. The van der Waals surface area contributed by atoms with Gasteiger partial charge in [0.25, 0.3) is 5.91 Å². The third kappa shape index (κ3) is 5.56. The minimum absolute atomic E-state index is 0.295. The van der Waals surface area contributed by atoms with Crippen molar-refractivity contribution in [3.05, 3.63) is 70.8 Å². The smallest absolute Gasteiger partial charge is 0.257 e. The van der Waals surface area contributed by atoms with Crippen molar-refractivity contribution >= 4 is 51.8 Å². The van der Waals surface area contributed by atoms with Crippen molar-refractivity contribution < 1.29 is 9.53 Å². The van der Waals surface area contributed by atoms with Gasteiger partial charge in [0, 0.05) is 11.3 Å². The minimum atomic E-state index is -0.295. The van der Waals surface area contributed by atoms with Crippen LogP contribution in [0.25, 0.3) is 6.08 Å². The van der Waals surface area contributed by atoms with Crippen molar-refractivity contribution in [1.29, 1.82) is 0 Å². The molecule has 3 aromatic rings.